The molecule has 0 aliphatic heterocycles. The Kier molecular flexibility index (Phi) is 4.15. The number of benzene rings is 1. The van der Waals surface area contributed by atoms with Gasteiger partial charge in [-0.2, -0.15) is 0 Å². The summed E-state index contributed by atoms with van der Waals surface area (Å²) < 4.78 is 0. The second-order valence-corrected chi connectivity index (χ2v) is 4.63. The number of amides is 1. The molecule has 1 fully saturated rings. The van der Waals surface area contributed by atoms with E-state index < -0.39 is 0 Å². The van der Waals surface area contributed by atoms with E-state index in [1.54, 1.807) is 0 Å². The van der Waals surface area contributed by atoms with Gasteiger partial charge in [0.25, 0.3) is 0 Å². The maximum absolute atomic E-state index is 12.1. The number of rotatable bonds is 6. The minimum absolute atomic E-state index is 0.252. The van der Waals surface area contributed by atoms with Crippen molar-refractivity contribution in [2.45, 2.75) is 38.3 Å². The van der Waals surface area contributed by atoms with Crippen molar-refractivity contribution >= 4 is 5.91 Å². The summed E-state index contributed by atoms with van der Waals surface area (Å²) in [6, 6.07) is 10.7. The molecule has 3 heteroatoms. The van der Waals surface area contributed by atoms with Crippen LogP contribution < -0.4 is 5.73 Å². The molecule has 0 radical (unpaired) electrons. The third-order valence-corrected chi connectivity index (χ3v) is 3.10. The lowest BCUT2D eigenvalue weighted by molar-refractivity contribution is -0.132. The van der Waals surface area contributed by atoms with Gasteiger partial charge in [0.15, 0.2) is 0 Å². The Hall–Kier alpha value is -1.35. The van der Waals surface area contributed by atoms with E-state index in [1.807, 2.05) is 23.1 Å². The largest absolute Gasteiger partial charge is 0.335 e. The van der Waals surface area contributed by atoms with Crippen LogP contribution in [0.5, 0.6) is 0 Å². The Morgan fingerprint density at radius 1 is 1.29 bits per heavy atom. The molecule has 1 amide bonds. The first-order chi connectivity index (χ1) is 8.31. The molecule has 0 aromatic heterocycles. The zero-order chi connectivity index (χ0) is 12.1. The van der Waals surface area contributed by atoms with Crippen molar-refractivity contribution < 1.29 is 4.79 Å². The molecule has 3 nitrogen and oxygen atoms in total. The van der Waals surface area contributed by atoms with E-state index in [1.165, 1.54) is 5.56 Å². The van der Waals surface area contributed by atoms with E-state index in [4.69, 9.17) is 5.73 Å². The Balaban J connectivity index is 1.95. The average Bonchev–Trinajstić information content (AvgIpc) is 3.18. The van der Waals surface area contributed by atoms with Crippen molar-refractivity contribution in [3.8, 4) is 0 Å². The van der Waals surface area contributed by atoms with Gasteiger partial charge in [0.2, 0.25) is 5.91 Å². The predicted molar refractivity (Wildman–Crippen MR) is 68.3 cm³/mol. The first-order valence-corrected chi connectivity index (χ1v) is 6.34. The van der Waals surface area contributed by atoms with Gasteiger partial charge in [0, 0.05) is 19.0 Å². The summed E-state index contributed by atoms with van der Waals surface area (Å²) in [6.45, 7) is 1.34. The van der Waals surface area contributed by atoms with Crippen LogP contribution in [0.3, 0.4) is 0 Å². The zero-order valence-corrected chi connectivity index (χ0v) is 10.1. The normalized spacial score (nSPS) is 14.6. The van der Waals surface area contributed by atoms with Gasteiger partial charge in [0.05, 0.1) is 0 Å². The summed E-state index contributed by atoms with van der Waals surface area (Å²) in [7, 11) is 0. The molecule has 0 heterocycles. The van der Waals surface area contributed by atoms with E-state index in [9.17, 15) is 4.79 Å². The molecule has 0 saturated heterocycles. The average molecular weight is 232 g/mol. The molecule has 92 valence electrons. The summed E-state index contributed by atoms with van der Waals surface area (Å²) in [5, 5.41) is 0. The van der Waals surface area contributed by atoms with Crippen LogP contribution in [-0.2, 0) is 11.3 Å². The van der Waals surface area contributed by atoms with Crippen LogP contribution in [0.2, 0.25) is 0 Å². The van der Waals surface area contributed by atoms with E-state index in [0.717, 1.165) is 25.8 Å². The van der Waals surface area contributed by atoms with Gasteiger partial charge >= 0.3 is 0 Å². The fraction of sp³-hybridized carbons (Fsp3) is 0.500. The van der Waals surface area contributed by atoms with Crippen molar-refractivity contribution in [2.24, 2.45) is 5.73 Å². The van der Waals surface area contributed by atoms with Gasteiger partial charge in [-0.25, -0.2) is 0 Å². The van der Waals surface area contributed by atoms with Crippen molar-refractivity contribution in [2.75, 3.05) is 6.54 Å². The summed E-state index contributed by atoms with van der Waals surface area (Å²) in [5.41, 5.74) is 6.66. The highest BCUT2D eigenvalue weighted by molar-refractivity contribution is 5.76. The standard InChI is InChI=1S/C14H20N2O/c15-10-4-7-14(17)16(13-8-9-13)11-12-5-2-1-3-6-12/h1-3,5-6,13H,4,7-11,15H2. The first-order valence-electron chi connectivity index (χ1n) is 6.34. The molecule has 17 heavy (non-hydrogen) atoms. The Labute approximate surface area is 103 Å². The second kappa shape index (κ2) is 5.82. The second-order valence-electron chi connectivity index (χ2n) is 4.63. The van der Waals surface area contributed by atoms with Crippen LogP contribution in [-0.4, -0.2) is 23.4 Å². The minimum atomic E-state index is 0.252. The van der Waals surface area contributed by atoms with Crippen molar-refractivity contribution in [3.05, 3.63) is 35.9 Å². The van der Waals surface area contributed by atoms with E-state index in [-0.39, 0.29) is 5.91 Å². The SMILES string of the molecule is NCCCC(=O)N(Cc1ccccc1)C1CC1. The highest BCUT2D eigenvalue weighted by Crippen LogP contribution is 2.29. The molecule has 2 N–H and O–H groups in total. The lowest BCUT2D eigenvalue weighted by Gasteiger charge is -2.22. The minimum Gasteiger partial charge on any atom is -0.335 e. The fourth-order valence-corrected chi connectivity index (χ4v) is 1.98. The number of carbonyl (C=O) groups is 1. The molecule has 0 bridgehead atoms. The number of carbonyl (C=O) groups excluding carboxylic acids is 1. The number of hydrogen-bond acceptors (Lipinski definition) is 2. The quantitative estimate of drug-likeness (QED) is 0.814. The Morgan fingerprint density at radius 2 is 2.00 bits per heavy atom. The smallest absolute Gasteiger partial charge is 0.223 e. The van der Waals surface area contributed by atoms with Gasteiger partial charge in [-0.05, 0) is 31.4 Å². The third kappa shape index (κ3) is 3.56. The zero-order valence-electron chi connectivity index (χ0n) is 10.1. The third-order valence-electron chi connectivity index (χ3n) is 3.10. The Bertz CT molecular complexity index is 360. The number of hydrogen-bond donors (Lipinski definition) is 1. The van der Waals surface area contributed by atoms with Crippen LogP contribution in [0.4, 0.5) is 0 Å². The predicted octanol–water partition coefficient (Wildman–Crippen LogP) is 1.92. The van der Waals surface area contributed by atoms with Gasteiger partial charge in [-0.15, -0.1) is 0 Å². The van der Waals surface area contributed by atoms with Crippen LogP contribution >= 0.6 is 0 Å². The first kappa shape index (κ1) is 12.1. The van der Waals surface area contributed by atoms with E-state index in [2.05, 4.69) is 12.1 Å². The van der Waals surface area contributed by atoms with Crippen LogP contribution in [0, 0.1) is 0 Å². The van der Waals surface area contributed by atoms with Crippen molar-refractivity contribution in [3.63, 3.8) is 0 Å². The highest BCUT2D eigenvalue weighted by atomic mass is 16.2. The van der Waals surface area contributed by atoms with Crippen LogP contribution in [0.1, 0.15) is 31.2 Å². The molecular formula is C14H20N2O. The number of nitrogens with zero attached hydrogens (tertiary/aromatic N) is 1. The van der Waals surface area contributed by atoms with Crippen LogP contribution in [0.25, 0.3) is 0 Å². The maximum atomic E-state index is 12.1. The molecule has 1 saturated carbocycles. The highest BCUT2D eigenvalue weighted by Gasteiger charge is 2.31. The fourth-order valence-electron chi connectivity index (χ4n) is 1.98. The number of nitrogens with two attached hydrogens (primary N) is 1. The molecule has 0 unspecified atom stereocenters. The molecular weight excluding hydrogens is 212 g/mol. The van der Waals surface area contributed by atoms with Gasteiger partial charge in [-0.1, -0.05) is 30.3 Å². The summed E-state index contributed by atoms with van der Waals surface area (Å²) in [5.74, 6) is 0.252. The molecule has 0 atom stereocenters. The van der Waals surface area contributed by atoms with Crippen molar-refractivity contribution in [1.82, 2.24) is 4.90 Å². The summed E-state index contributed by atoms with van der Waals surface area (Å²) in [6.07, 6.45) is 3.68. The lowest BCUT2D eigenvalue weighted by atomic mass is 10.2. The molecule has 1 aromatic carbocycles. The van der Waals surface area contributed by atoms with Crippen LogP contribution in [0.15, 0.2) is 30.3 Å². The topological polar surface area (TPSA) is 46.3 Å². The molecule has 1 aliphatic rings. The van der Waals surface area contributed by atoms with Gasteiger partial charge in [0.1, 0.15) is 0 Å². The Morgan fingerprint density at radius 3 is 2.59 bits per heavy atom. The van der Waals surface area contributed by atoms with Gasteiger partial charge < -0.3 is 10.6 Å². The van der Waals surface area contributed by atoms with Crippen molar-refractivity contribution in [1.29, 1.82) is 0 Å². The monoisotopic (exact) mass is 232 g/mol. The molecule has 0 spiro atoms. The lowest BCUT2D eigenvalue weighted by Crippen LogP contribution is -2.32. The summed E-state index contributed by atoms with van der Waals surface area (Å²) >= 11 is 0. The van der Waals surface area contributed by atoms with E-state index >= 15 is 0 Å². The molecule has 2 rings (SSSR count). The van der Waals surface area contributed by atoms with Gasteiger partial charge in [-0.3, -0.25) is 4.79 Å². The maximum Gasteiger partial charge on any atom is 0.223 e. The molecule has 1 aromatic rings. The van der Waals surface area contributed by atoms with E-state index in [0.29, 0.717) is 19.0 Å². The summed E-state index contributed by atoms with van der Waals surface area (Å²) in [4.78, 5) is 14.1. The molecule has 1 aliphatic carbocycles.